The predicted molar refractivity (Wildman–Crippen MR) is 122 cm³/mol. The first-order valence-electron chi connectivity index (χ1n) is 13.1. The molecule has 1 unspecified atom stereocenters. The fourth-order valence-electron chi connectivity index (χ4n) is 9.16. The van der Waals surface area contributed by atoms with Gasteiger partial charge in [0.2, 0.25) is 0 Å². The Labute approximate surface area is 189 Å². The quantitative estimate of drug-likeness (QED) is 0.534. The van der Waals surface area contributed by atoms with Crippen LogP contribution >= 0.6 is 0 Å². The fourth-order valence-corrected chi connectivity index (χ4v) is 9.16. The van der Waals surface area contributed by atoms with Crippen LogP contribution in [-0.2, 0) is 4.79 Å². The Morgan fingerprint density at radius 2 is 1.61 bits per heavy atom. The zero-order chi connectivity index (χ0) is 22.6. The largest absolute Gasteiger partial charge is 0.393 e. The molecular weight excluding hydrogens is 388 g/mol. The Morgan fingerprint density at radius 3 is 2.32 bits per heavy atom. The van der Waals surface area contributed by atoms with Gasteiger partial charge in [0.05, 0.1) is 18.3 Å². The van der Waals surface area contributed by atoms with Crippen molar-refractivity contribution in [2.24, 2.45) is 52.3 Å². The normalized spacial score (nSPS) is 50.0. The lowest BCUT2D eigenvalue weighted by atomic mass is 9.43. The number of hydrogen-bond acceptors (Lipinski definition) is 4. The summed E-state index contributed by atoms with van der Waals surface area (Å²) in [6, 6.07) is 0. The van der Waals surface area contributed by atoms with Gasteiger partial charge in [0.15, 0.2) is 0 Å². The smallest absolute Gasteiger partial charge is 0.125 e. The highest BCUT2D eigenvalue weighted by atomic mass is 16.3. The second kappa shape index (κ2) is 8.72. The molecule has 0 aromatic rings. The van der Waals surface area contributed by atoms with E-state index in [0.29, 0.717) is 41.9 Å². The van der Waals surface area contributed by atoms with E-state index in [2.05, 4.69) is 20.8 Å². The van der Waals surface area contributed by atoms with Crippen LogP contribution in [0.5, 0.6) is 0 Å². The molecule has 0 aliphatic heterocycles. The molecule has 178 valence electrons. The number of carbonyl (C=O) groups excluding carboxylic acids is 1. The minimum atomic E-state index is -0.528. The van der Waals surface area contributed by atoms with Crippen molar-refractivity contribution in [3.8, 4) is 0 Å². The van der Waals surface area contributed by atoms with Crippen molar-refractivity contribution in [2.45, 2.75) is 110 Å². The molecule has 4 saturated carbocycles. The molecule has 0 aromatic heterocycles. The van der Waals surface area contributed by atoms with E-state index >= 15 is 0 Å². The lowest BCUT2D eigenvalue weighted by Gasteiger charge is -2.62. The molecule has 0 amide bonds. The van der Waals surface area contributed by atoms with E-state index < -0.39 is 6.10 Å². The van der Waals surface area contributed by atoms with Crippen molar-refractivity contribution in [3.05, 3.63) is 0 Å². The summed E-state index contributed by atoms with van der Waals surface area (Å²) in [5, 5.41) is 31.9. The van der Waals surface area contributed by atoms with Crippen molar-refractivity contribution >= 4 is 6.29 Å². The standard InChI is InChI=1S/C27H46O4/c1-16(5-8-23(30)17(2)15-28)20-6-7-21-25-22(10-12-27(20,21)4)26(3)11-9-19(29)13-18(26)14-24(25)31/h15-25,29-31H,5-14H2,1-4H3/t16-,17?,18+,19-,20-,21+,22+,23+,24-,25+,26+,27-/m1/s1. The molecule has 3 N–H and O–H groups in total. The van der Waals surface area contributed by atoms with Crippen molar-refractivity contribution in [3.63, 3.8) is 0 Å². The van der Waals surface area contributed by atoms with Crippen LogP contribution in [0.25, 0.3) is 0 Å². The number of rotatable bonds is 6. The molecule has 4 aliphatic carbocycles. The zero-order valence-electron chi connectivity index (χ0n) is 20.2. The highest BCUT2D eigenvalue weighted by molar-refractivity contribution is 5.53. The third kappa shape index (κ3) is 3.93. The maximum absolute atomic E-state index is 11.3. The highest BCUT2D eigenvalue weighted by Gasteiger charge is 2.62. The predicted octanol–water partition coefficient (Wildman–Crippen LogP) is 4.59. The molecule has 0 aromatic carbocycles. The Kier molecular flexibility index (Phi) is 6.67. The number of fused-ring (bicyclic) bond motifs is 5. The molecule has 12 atom stereocenters. The monoisotopic (exact) mass is 434 g/mol. The molecule has 0 bridgehead atoms. The molecule has 31 heavy (non-hydrogen) atoms. The van der Waals surface area contributed by atoms with Crippen molar-refractivity contribution in [2.75, 3.05) is 0 Å². The van der Waals surface area contributed by atoms with E-state index in [-0.39, 0.29) is 29.0 Å². The molecule has 0 heterocycles. The van der Waals surface area contributed by atoms with Crippen molar-refractivity contribution in [1.82, 2.24) is 0 Å². The van der Waals surface area contributed by atoms with Gasteiger partial charge in [-0.3, -0.25) is 0 Å². The van der Waals surface area contributed by atoms with E-state index in [1.807, 2.05) is 0 Å². The Balaban J connectivity index is 1.48. The van der Waals surface area contributed by atoms with Crippen LogP contribution in [0.4, 0.5) is 0 Å². The molecule has 4 rings (SSSR count). The van der Waals surface area contributed by atoms with Gasteiger partial charge in [-0.05, 0) is 111 Å². The van der Waals surface area contributed by atoms with Gasteiger partial charge in [-0.15, -0.1) is 0 Å². The Hall–Kier alpha value is -0.450. The number of aldehydes is 1. The molecule has 4 aliphatic rings. The topological polar surface area (TPSA) is 77.8 Å². The minimum absolute atomic E-state index is 0.176. The Morgan fingerprint density at radius 1 is 0.935 bits per heavy atom. The van der Waals surface area contributed by atoms with Crippen LogP contribution in [0.1, 0.15) is 91.9 Å². The van der Waals surface area contributed by atoms with Crippen LogP contribution in [0.15, 0.2) is 0 Å². The van der Waals surface area contributed by atoms with Crippen molar-refractivity contribution in [1.29, 1.82) is 0 Å². The van der Waals surface area contributed by atoms with Gasteiger partial charge in [-0.1, -0.05) is 27.7 Å². The molecular formula is C27H46O4. The minimum Gasteiger partial charge on any atom is -0.393 e. The van der Waals surface area contributed by atoms with Gasteiger partial charge in [0.25, 0.3) is 0 Å². The summed E-state index contributed by atoms with van der Waals surface area (Å²) in [6.07, 6.45) is 10.3. The summed E-state index contributed by atoms with van der Waals surface area (Å²) >= 11 is 0. The average Bonchev–Trinajstić information content (AvgIpc) is 3.09. The van der Waals surface area contributed by atoms with E-state index in [0.717, 1.165) is 38.4 Å². The maximum Gasteiger partial charge on any atom is 0.125 e. The van der Waals surface area contributed by atoms with Gasteiger partial charge in [0, 0.05) is 5.92 Å². The summed E-state index contributed by atoms with van der Waals surface area (Å²) in [7, 11) is 0. The second-order valence-corrected chi connectivity index (χ2v) is 12.6. The molecule has 0 spiro atoms. The number of hydrogen-bond donors (Lipinski definition) is 3. The number of aliphatic hydroxyl groups is 3. The van der Waals surface area contributed by atoms with E-state index in [1.165, 1.54) is 25.7 Å². The van der Waals surface area contributed by atoms with E-state index in [9.17, 15) is 20.1 Å². The zero-order valence-corrected chi connectivity index (χ0v) is 20.2. The SMILES string of the molecule is CC(C=O)[C@@H](O)CC[C@@H](C)[C@H]1CC[C@H]2[C@@H]3[C@H](O)C[C@@H]4C[C@H](O)CC[C@]4(C)[C@H]3CC[C@]12C. The van der Waals surface area contributed by atoms with Crippen LogP contribution in [0, 0.1) is 52.3 Å². The molecule has 4 heteroatoms. The van der Waals surface area contributed by atoms with Gasteiger partial charge in [-0.25, -0.2) is 0 Å². The lowest BCUT2D eigenvalue weighted by Crippen LogP contribution is -2.58. The van der Waals surface area contributed by atoms with E-state index in [1.54, 1.807) is 6.92 Å². The fraction of sp³-hybridized carbons (Fsp3) is 0.963. The first-order chi connectivity index (χ1) is 14.6. The van der Waals surface area contributed by atoms with Crippen LogP contribution in [0.2, 0.25) is 0 Å². The Bertz CT molecular complexity index is 651. The summed E-state index contributed by atoms with van der Waals surface area (Å²) in [6.45, 7) is 9.12. The first-order valence-corrected chi connectivity index (χ1v) is 13.1. The molecule has 0 radical (unpaired) electrons. The third-order valence-corrected chi connectivity index (χ3v) is 11.2. The second-order valence-electron chi connectivity index (χ2n) is 12.6. The summed E-state index contributed by atoms with van der Waals surface area (Å²) in [4.78, 5) is 11.0. The van der Waals surface area contributed by atoms with Gasteiger partial charge >= 0.3 is 0 Å². The van der Waals surface area contributed by atoms with Crippen LogP contribution in [0.3, 0.4) is 0 Å². The average molecular weight is 435 g/mol. The van der Waals surface area contributed by atoms with Gasteiger partial charge in [0.1, 0.15) is 6.29 Å². The molecule has 4 nitrogen and oxygen atoms in total. The number of aliphatic hydroxyl groups excluding tert-OH is 3. The highest BCUT2D eigenvalue weighted by Crippen LogP contribution is 2.68. The molecule has 4 fully saturated rings. The van der Waals surface area contributed by atoms with Gasteiger partial charge < -0.3 is 20.1 Å². The summed E-state index contributed by atoms with van der Waals surface area (Å²) < 4.78 is 0. The van der Waals surface area contributed by atoms with Crippen LogP contribution in [-0.4, -0.2) is 39.9 Å². The summed E-state index contributed by atoms with van der Waals surface area (Å²) in [5.41, 5.74) is 0.559. The van der Waals surface area contributed by atoms with Crippen LogP contribution < -0.4 is 0 Å². The summed E-state index contributed by atoms with van der Waals surface area (Å²) in [5.74, 6) is 2.96. The maximum atomic E-state index is 11.3. The first kappa shape index (κ1) is 23.7. The van der Waals surface area contributed by atoms with Gasteiger partial charge in [-0.2, -0.15) is 0 Å². The molecule has 0 saturated heterocycles. The van der Waals surface area contributed by atoms with Crippen molar-refractivity contribution < 1.29 is 20.1 Å². The third-order valence-electron chi connectivity index (χ3n) is 11.2. The van der Waals surface area contributed by atoms with E-state index in [4.69, 9.17) is 0 Å². The number of carbonyl (C=O) groups is 1. The lowest BCUT2D eigenvalue weighted by molar-refractivity contribution is -0.174.